The molecular formula is C27H24ClFN6. The normalized spacial score (nSPS) is 23.4. The predicted octanol–water partition coefficient (Wildman–Crippen LogP) is 7.27. The first kappa shape index (κ1) is 22.0. The molecule has 0 aliphatic heterocycles. The third-order valence-electron chi connectivity index (χ3n) is 7.83. The van der Waals surface area contributed by atoms with Crippen molar-refractivity contribution in [2.75, 3.05) is 5.32 Å². The van der Waals surface area contributed by atoms with Crippen LogP contribution < -0.4 is 5.32 Å². The Hall–Kier alpha value is -3.50. The zero-order valence-corrected chi connectivity index (χ0v) is 20.0. The average Bonchev–Trinajstić information content (AvgIpc) is 3.30. The molecular weight excluding hydrogens is 463 g/mol. The smallest absolute Gasteiger partial charge is 0.223 e. The lowest BCUT2D eigenvalue weighted by atomic mass is 9.62. The van der Waals surface area contributed by atoms with Crippen LogP contribution in [0.15, 0.2) is 42.7 Å². The van der Waals surface area contributed by atoms with Crippen LogP contribution in [0.4, 0.5) is 15.9 Å². The second kappa shape index (κ2) is 8.62. The molecule has 8 heteroatoms. The van der Waals surface area contributed by atoms with E-state index in [-0.39, 0.29) is 28.3 Å². The number of hydrogen-bond acceptors (Lipinski definition) is 4. The van der Waals surface area contributed by atoms with E-state index < -0.39 is 5.82 Å². The highest BCUT2D eigenvalue weighted by Gasteiger charge is 2.42. The van der Waals surface area contributed by atoms with Gasteiger partial charge in [0, 0.05) is 23.4 Å². The maximum absolute atomic E-state index is 16.2. The van der Waals surface area contributed by atoms with Gasteiger partial charge >= 0.3 is 0 Å². The minimum atomic E-state index is -0.497. The summed E-state index contributed by atoms with van der Waals surface area (Å²) in [5.74, 6) is 1.27. The first-order chi connectivity index (χ1) is 17.0. The fourth-order valence-corrected chi connectivity index (χ4v) is 6.16. The monoisotopic (exact) mass is 486 g/mol. The van der Waals surface area contributed by atoms with Crippen LogP contribution in [0.5, 0.6) is 0 Å². The third-order valence-corrected chi connectivity index (χ3v) is 8.01. The van der Waals surface area contributed by atoms with Crippen molar-refractivity contribution in [1.82, 2.24) is 19.9 Å². The van der Waals surface area contributed by atoms with Gasteiger partial charge in [0.25, 0.3) is 0 Å². The summed E-state index contributed by atoms with van der Waals surface area (Å²) in [6.45, 7) is 10.2. The second-order valence-electron chi connectivity index (χ2n) is 9.62. The summed E-state index contributed by atoms with van der Waals surface area (Å²) in [4.78, 5) is 20.3. The largest absolute Gasteiger partial charge is 0.364 e. The van der Waals surface area contributed by atoms with E-state index in [0.29, 0.717) is 45.7 Å². The molecule has 3 aliphatic rings. The first-order valence-corrected chi connectivity index (χ1v) is 12.4. The van der Waals surface area contributed by atoms with Crippen LogP contribution in [-0.2, 0) is 0 Å². The third kappa shape index (κ3) is 3.64. The molecule has 4 aromatic rings. The van der Waals surface area contributed by atoms with Crippen molar-refractivity contribution in [3.05, 3.63) is 65.1 Å². The molecule has 3 aliphatic carbocycles. The lowest BCUT2D eigenvalue weighted by Gasteiger charge is -2.47. The summed E-state index contributed by atoms with van der Waals surface area (Å²) in [5, 5.41) is 3.73. The van der Waals surface area contributed by atoms with Gasteiger partial charge in [-0.05, 0) is 49.0 Å². The second-order valence-corrected chi connectivity index (χ2v) is 10.0. The number of hydrogen-bond donors (Lipinski definition) is 2. The van der Waals surface area contributed by atoms with Crippen molar-refractivity contribution >= 4 is 34.3 Å². The van der Waals surface area contributed by atoms with Crippen molar-refractivity contribution in [1.29, 1.82) is 0 Å². The van der Waals surface area contributed by atoms with E-state index in [1.54, 1.807) is 6.20 Å². The predicted molar refractivity (Wildman–Crippen MR) is 136 cm³/mol. The lowest BCUT2D eigenvalue weighted by Crippen LogP contribution is -2.47. The number of benzene rings is 1. The van der Waals surface area contributed by atoms with E-state index in [4.69, 9.17) is 23.2 Å². The quantitative estimate of drug-likeness (QED) is 0.297. The van der Waals surface area contributed by atoms with Gasteiger partial charge in [0.05, 0.1) is 18.5 Å². The summed E-state index contributed by atoms with van der Waals surface area (Å²) >= 11 is 6.13. The zero-order valence-electron chi connectivity index (χ0n) is 19.2. The number of nitrogens with one attached hydrogen (secondary N) is 2. The summed E-state index contributed by atoms with van der Waals surface area (Å²) < 4.78 is 16.2. The van der Waals surface area contributed by atoms with Gasteiger partial charge in [0.1, 0.15) is 10.7 Å². The van der Waals surface area contributed by atoms with E-state index in [0.717, 1.165) is 12.8 Å². The number of pyridine rings is 1. The van der Waals surface area contributed by atoms with Gasteiger partial charge in [-0.1, -0.05) is 48.9 Å². The lowest BCUT2D eigenvalue weighted by molar-refractivity contribution is 0.0926. The average molecular weight is 487 g/mol. The van der Waals surface area contributed by atoms with E-state index in [1.807, 2.05) is 30.3 Å². The van der Waals surface area contributed by atoms with Crippen molar-refractivity contribution in [3.63, 3.8) is 0 Å². The molecule has 0 radical (unpaired) electrons. The highest BCUT2D eigenvalue weighted by Crippen LogP contribution is 2.48. The summed E-state index contributed by atoms with van der Waals surface area (Å²) in [6, 6.07) is 9.34. The van der Waals surface area contributed by atoms with Crippen LogP contribution in [0.1, 0.15) is 32.6 Å². The molecule has 6 nitrogen and oxygen atoms in total. The first-order valence-electron chi connectivity index (χ1n) is 12.0. The Balaban J connectivity index is 1.57. The number of rotatable bonds is 4. The van der Waals surface area contributed by atoms with E-state index in [2.05, 4.69) is 32.0 Å². The Morgan fingerprint density at radius 1 is 1.11 bits per heavy atom. The Bertz CT molecular complexity index is 1450. The number of anilines is 1. The van der Waals surface area contributed by atoms with Crippen LogP contribution in [0, 0.1) is 30.1 Å². The molecule has 0 spiro atoms. The Morgan fingerprint density at radius 2 is 1.86 bits per heavy atom. The van der Waals surface area contributed by atoms with E-state index in [1.165, 1.54) is 19.0 Å². The molecule has 3 heterocycles. The molecule has 0 amide bonds. The number of aromatic amines is 1. The van der Waals surface area contributed by atoms with Crippen LogP contribution in [0.2, 0.25) is 5.15 Å². The molecule has 7 rings (SSSR count). The van der Waals surface area contributed by atoms with Gasteiger partial charge in [-0.25, -0.2) is 24.2 Å². The zero-order chi connectivity index (χ0) is 24.1. The molecule has 2 N–H and O–H groups in total. The van der Waals surface area contributed by atoms with Gasteiger partial charge in [0.2, 0.25) is 5.69 Å². The Labute approximate surface area is 207 Å². The molecule has 2 unspecified atom stereocenters. The highest BCUT2D eigenvalue weighted by molar-refractivity contribution is 6.29. The van der Waals surface area contributed by atoms with Gasteiger partial charge in [-0.2, -0.15) is 0 Å². The number of fused-ring (bicyclic) bond motifs is 4. The maximum Gasteiger partial charge on any atom is 0.223 e. The molecule has 3 fully saturated rings. The van der Waals surface area contributed by atoms with Gasteiger partial charge < -0.3 is 10.3 Å². The fourth-order valence-electron chi connectivity index (χ4n) is 6.03. The molecule has 3 aromatic heterocycles. The molecule has 2 bridgehead atoms. The fraction of sp³-hybridized carbons (Fsp3) is 0.333. The van der Waals surface area contributed by atoms with Crippen LogP contribution in [-0.4, -0.2) is 26.0 Å². The van der Waals surface area contributed by atoms with Gasteiger partial charge in [0.15, 0.2) is 17.3 Å². The SMILES string of the molecule is [C-]#[N+]c1c(-c2c[nH]c3ncc(Cl)nc23)nc(NC2C3CCC(CC3)C2C)c(F)c1-c1ccccc1. The molecule has 1 aromatic carbocycles. The number of halogens is 2. The number of H-pyrrole nitrogens is 1. The summed E-state index contributed by atoms with van der Waals surface area (Å²) in [5.41, 5.74) is 2.96. The highest BCUT2D eigenvalue weighted by atomic mass is 35.5. The molecule has 176 valence electrons. The Morgan fingerprint density at radius 3 is 2.57 bits per heavy atom. The summed E-state index contributed by atoms with van der Waals surface area (Å²) in [6.07, 6.45) is 7.96. The maximum atomic E-state index is 16.2. The minimum absolute atomic E-state index is 0.139. The topological polar surface area (TPSA) is 70.8 Å². The standard InChI is InChI=1S/C27H24ClFN6/c1-14-15-8-10-17(11-9-15)22(14)34-26-21(29)20(16-6-4-3-5-7-16)25(30-2)23(35-26)18-12-31-27-24(18)33-19(28)13-32-27/h3-7,12-15,17,22H,8-11H2,1H3,(H,31,32)(H,34,35). The van der Waals surface area contributed by atoms with Crippen molar-refractivity contribution < 1.29 is 4.39 Å². The van der Waals surface area contributed by atoms with Gasteiger partial charge in [-0.3, -0.25) is 0 Å². The van der Waals surface area contributed by atoms with E-state index >= 15 is 4.39 Å². The van der Waals surface area contributed by atoms with Crippen molar-refractivity contribution in [2.24, 2.45) is 17.8 Å². The molecule has 2 atom stereocenters. The molecule has 3 saturated carbocycles. The molecule has 35 heavy (non-hydrogen) atoms. The van der Waals surface area contributed by atoms with Crippen molar-refractivity contribution in [2.45, 2.75) is 38.6 Å². The van der Waals surface area contributed by atoms with Crippen LogP contribution in [0.3, 0.4) is 0 Å². The van der Waals surface area contributed by atoms with Crippen LogP contribution in [0.25, 0.3) is 38.4 Å². The van der Waals surface area contributed by atoms with E-state index in [9.17, 15) is 0 Å². The van der Waals surface area contributed by atoms with Crippen molar-refractivity contribution in [3.8, 4) is 22.4 Å². The number of nitrogens with zero attached hydrogens (tertiary/aromatic N) is 4. The van der Waals surface area contributed by atoms with Crippen LogP contribution >= 0.6 is 11.6 Å². The van der Waals surface area contributed by atoms with Gasteiger partial charge in [-0.15, -0.1) is 0 Å². The minimum Gasteiger partial charge on any atom is -0.364 e. The Kier molecular flexibility index (Phi) is 5.42. The molecule has 0 saturated heterocycles. The summed E-state index contributed by atoms with van der Waals surface area (Å²) in [7, 11) is 0. The number of aromatic nitrogens is 4.